The Bertz CT molecular complexity index is 1450. The molecule has 218 valence electrons. The predicted molar refractivity (Wildman–Crippen MR) is 164 cm³/mol. The summed E-state index contributed by atoms with van der Waals surface area (Å²) in [6.45, 7) is 10.9. The summed E-state index contributed by atoms with van der Waals surface area (Å²) in [4.78, 5) is 42.5. The molecule has 0 aliphatic heterocycles. The molecule has 0 bridgehead atoms. The molecule has 2 atom stereocenters. The smallest absolute Gasteiger partial charge is 0.408 e. The first-order valence-electron chi connectivity index (χ1n) is 13.5. The molecule has 42 heavy (non-hydrogen) atoms. The molecule has 3 amide bonds. The van der Waals surface area contributed by atoms with Gasteiger partial charge in [-0.2, -0.15) is 0 Å². The number of rotatable bonds is 10. The molecule has 3 aromatic rings. The van der Waals surface area contributed by atoms with E-state index in [0.717, 1.165) is 5.56 Å². The summed E-state index contributed by atoms with van der Waals surface area (Å²) in [6, 6.07) is 18.3. The number of carbonyl (C=O) groups is 3. The van der Waals surface area contributed by atoms with Crippen molar-refractivity contribution in [3.8, 4) is 18.1 Å². The van der Waals surface area contributed by atoms with E-state index in [1.807, 2.05) is 25.1 Å². The van der Waals surface area contributed by atoms with Crippen LogP contribution in [0, 0.1) is 19.3 Å². The summed E-state index contributed by atoms with van der Waals surface area (Å²) >= 11 is 0. The van der Waals surface area contributed by atoms with E-state index in [1.165, 1.54) is 23.1 Å². The van der Waals surface area contributed by atoms with Crippen LogP contribution in [0.25, 0.3) is 0 Å². The van der Waals surface area contributed by atoms with E-state index >= 15 is 0 Å². The van der Waals surface area contributed by atoms with Gasteiger partial charge in [0.1, 0.15) is 23.4 Å². The first-order chi connectivity index (χ1) is 19.9. The molecule has 0 saturated heterocycles. The van der Waals surface area contributed by atoms with Gasteiger partial charge in [-0.15, -0.1) is 13.0 Å². The number of aryl methyl sites for hydroxylation is 1. The average molecular weight is 568 g/mol. The summed E-state index contributed by atoms with van der Waals surface area (Å²) < 4.78 is 5.45. The molecule has 3 rings (SSSR count). The Labute approximate surface area is 247 Å². The van der Waals surface area contributed by atoms with Gasteiger partial charge in [-0.1, -0.05) is 54.5 Å². The lowest BCUT2D eigenvalue weighted by Crippen LogP contribution is -2.53. The van der Waals surface area contributed by atoms with Crippen LogP contribution in [0.1, 0.15) is 49.1 Å². The Kier molecular flexibility index (Phi) is 10.5. The fourth-order valence-electron chi connectivity index (χ4n) is 4.33. The number of terminal acetylenes is 1. The van der Waals surface area contributed by atoms with Crippen LogP contribution in [-0.2, 0) is 20.7 Å². The second-order valence-corrected chi connectivity index (χ2v) is 10.8. The lowest BCUT2D eigenvalue weighted by molar-refractivity contribution is -0.140. The van der Waals surface area contributed by atoms with E-state index in [0.29, 0.717) is 22.4 Å². The number of aromatic hydroxyl groups is 1. The van der Waals surface area contributed by atoms with Crippen LogP contribution in [0.4, 0.5) is 10.5 Å². The molecular weight excluding hydrogens is 530 g/mol. The number of hydrogen-bond donors (Lipinski definition) is 3. The third kappa shape index (κ3) is 8.73. The lowest BCUT2D eigenvalue weighted by atomic mass is 9.99. The highest BCUT2D eigenvalue weighted by atomic mass is 16.6. The summed E-state index contributed by atoms with van der Waals surface area (Å²) in [6.07, 6.45) is 6.37. The summed E-state index contributed by atoms with van der Waals surface area (Å²) in [5.41, 5.74) is 2.48. The van der Waals surface area contributed by atoms with E-state index in [2.05, 4.69) is 23.1 Å². The highest BCUT2D eigenvalue weighted by Gasteiger charge is 2.36. The van der Waals surface area contributed by atoms with Gasteiger partial charge in [0.25, 0.3) is 5.91 Å². The van der Waals surface area contributed by atoms with Gasteiger partial charge in [-0.3, -0.25) is 9.59 Å². The number of phenols is 1. The summed E-state index contributed by atoms with van der Waals surface area (Å²) in [5, 5.41) is 15.4. The van der Waals surface area contributed by atoms with Crippen molar-refractivity contribution < 1.29 is 24.2 Å². The quantitative estimate of drug-likeness (QED) is 0.221. The molecule has 8 nitrogen and oxygen atoms in total. The Morgan fingerprint density at radius 2 is 1.69 bits per heavy atom. The van der Waals surface area contributed by atoms with Crippen LogP contribution < -0.4 is 10.6 Å². The molecule has 0 heterocycles. The van der Waals surface area contributed by atoms with Gasteiger partial charge in [-0.05, 0) is 74.7 Å². The van der Waals surface area contributed by atoms with Crippen molar-refractivity contribution in [1.82, 2.24) is 10.2 Å². The van der Waals surface area contributed by atoms with Crippen LogP contribution in [0.2, 0.25) is 0 Å². The fourth-order valence-corrected chi connectivity index (χ4v) is 4.33. The number of anilines is 1. The second-order valence-electron chi connectivity index (χ2n) is 10.8. The van der Waals surface area contributed by atoms with Gasteiger partial charge in [0.15, 0.2) is 0 Å². The van der Waals surface area contributed by atoms with E-state index in [-0.39, 0.29) is 18.7 Å². The van der Waals surface area contributed by atoms with Crippen molar-refractivity contribution >= 4 is 23.6 Å². The number of alkyl carbamates (subject to hydrolysis) is 1. The zero-order valence-corrected chi connectivity index (χ0v) is 24.4. The third-order valence-corrected chi connectivity index (χ3v) is 6.33. The number of hydrogen-bond acceptors (Lipinski definition) is 5. The number of nitrogens with zero attached hydrogens (tertiary/aromatic N) is 1. The number of benzene rings is 3. The molecule has 0 radical (unpaired) electrons. The van der Waals surface area contributed by atoms with Crippen molar-refractivity contribution in [2.45, 2.75) is 51.8 Å². The Balaban J connectivity index is 2.06. The minimum absolute atomic E-state index is 0.00363. The lowest BCUT2D eigenvalue weighted by Gasteiger charge is -2.34. The maximum atomic E-state index is 14.3. The molecular formula is C34H37N3O5. The van der Waals surface area contributed by atoms with E-state index in [9.17, 15) is 19.5 Å². The fraction of sp³-hybridized carbons (Fsp3) is 0.265. The Morgan fingerprint density at radius 1 is 1.05 bits per heavy atom. The first-order valence-corrected chi connectivity index (χ1v) is 13.5. The average Bonchev–Trinajstić information content (AvgIpc) is 2.94. The number of amides is 3. The topological polar surface area (TPSA) is 108 Å². The number of para-hydroxylation sites is 1. The molecule has 0 saturated carbocycles. The SMILES string of the molecule is C#Cc1ccc(C(C(=O)Nc2ccccc2C)N(CC=C)C(=O)C(Cc2ccc(O)cc2)NC(=O)OC(C)(C)C)cc1. The van der Waals surface area contributed by atoms with Crippen LogP contribution in [0.15, 0.2) is 85.5 Å². The van der Waals surface area contributed by atoms with Crippen LogP contribution in [0.5, 0.6) is 5.75 Å². The third-order valence-electron chi connectivity index (χ3n) is 6.33. The number of ether oxygens (including phenoxy) is 1. The van der Waals surface area contributed by atoms with Crippen molar-refractivity contribution in [1.29, 1.82) is 0 Å². The molecule has 0 fully saturated rings. The van der Waals surface area contributed by atoms with Gasteiger partial charge in [-0.25, -0.2) is 4.79 Å². The minimum Gasteiger partial charge on any atom is -0.508 e. The molecule has 0 aromatic heterocycles. The second kappa shape index (κ2) is 14.0. The van der Waals surface area contributed by atoms with Gasteiger partial charge in [0, 0.05) is 24.2 Å². The zero-order chi connectivity index (χ0) is 30.9. The zero-order valence-electron chi connectivity index (χ0n) is 24.4. The Hall–Kier alpha value is -5.03. The molecule has 3 N–H and O–H groups in total. The van der Waals surface area contributed by atoms with E-state index in [4.69, 9.17) is 11.2 Å². The predicted octanol–water partition coefficient (Wildman–Crippen LogP) is 5.51. The monoisotopic (exact) mass is 567 g/mol. The van der Waals surface area contributed by atoms with Gasteiger partial charge in [0.2, 0.25) is 5.91 Å². The number of nitrogens with one attached hydrogen (secondary N) is 2. The van der Waals surface area contributed by atoms with Crippen LogP contribution >= 0.6 is 0 Å². The molecule has 0 aliphatic carbocycles. The molecule has 3 aromatic carbocycles. The van der Waals surface area contributed by atoms with E-state index in [1.54, 1.807) is 63.2 Å². The van der Waals surface area contributed by atoms with Crippen LogP contribution in [0.3, 0.4) is 0 Å². The molecule has 0 aliphatic rings. The summed E-state index contributed by atoms with van der Waals surface area (Å²) in [5.74, 6) is 1.65. The molecule has 8 heteroatoms. The largest absolute Gasteiger partial charge is 0.508 e. The minimum atomic E-state index is -1.11. The van der Waals surface area contributed by atoms with Crippen molar-refractivity contribution in [2.24, 2.45) is 0 Å². The first kappa shape index (κ1) is 31.5. The van der Waals surface area contributed by atoms with Crippen LogP contribution in [-0.4, -0.2) is 46.1 Å². The van der Waals surface area contributed by atoms with E-state index < -0.39 is 35.6 Å². The highest BCUT2D eigenvalue weighted by Crippen LogP contribution is 2.26. The normalized spacial score (nSPS) is 12.3. The van der Waals surface area contributed by atoms with Crippen molar-refractivity contribution in [3.05, 3.63) is 108 Å². The maximum Gasteiger partial charge on any atom is 0.408 e. The number of phenolic OH excluding ortho intramolecular Hbond substituents is 1. The molecule has 0 spiro atoms. The van der Waals surface area contributed by atoms with Gasteiger partial charge >= 0.3 is 6.09 Å². The van der Waals surface area contributed by atoms with Crippen molar-refractivity contribution in [2.75, 3.05) is 11.9 Å². The Morgan fingerprint density at radius 3 is 2.26 bits per heavy atom. The maximum absolute atomic E-state index is 14.3. The standard InChI is InChI=1S/C34H37N3O5/c1-7-21-37(32(40)29(36-33(41)42-34(4,5)6)22-25-15-19-27(38)20-16-25)30(26-17-13-24(8-2)14-18-26)31(39)35-28-12-10-9-11-23(28)3/h2,7,9-20,29-30,38H,1,21-22H2,3-6H3,(H,35,39)(H,36,41). The van der Waals surface area contributed by atoms with Gasteiger partial charge in [0.05, 0.1) is 0 Å². The molecule has 2 unspecified atom stereocenters. The van der Waals surface area contributed by atoms with Gasteiger partial charge < -0.3 is 25.4 Å². The summed E-state index contributed by atoms with van der Waals surface area (Å²) in [7, 11) is 0. The van der Waals surface area contributed by atoms with Crippen molar-refractivity contribution in [3.63, 3.8) is 0 Å². The highest BCUT2D eigenvalue weighted by molar-refractivity contribution is 5.99. The number of carbonyl (C=O) groups excluding carboxylic acids is 3.